The molecule has 0 aromatic heterocycles. The number of halogens is 3. The van der Waals surface area contributed by atoms with Gasteiger partial charge in [-0.3, -0.25) is 4.79 Å². The molecule has 2 aromatic rings. The molecule has 2 atom stereocenters. The first-order valence-corrected chi connectivity index (χ1v) is 9.79. The minimum Gasteiger partial charge on any atom is -0.274 e. The second-order valence-corrected chi connectivity index (χ2v) is 8.42. The predicted octanol–water partition coefficient (Wildman–Crippen LogP) is 3.93. The number of hydrogen-bond acceptors (Lipinski definition) is 3. The summed E-state index contributed by atoms with van der Waals surface area (Å²) in [5.41, 5.74) is 0.602. The third-order valence-electron chi connectivity index (χ3n) is 4.65. The second kappa shape index (κ2) is 6.67. The van der Waals surface area contributed by atoms with Crippen LogP contribution >= 0.6 is 0 Å². The fourth-order valence-corrected chi connectivity index (χ4v) is 4.53. The van der Waals surface area contributed by atoms with Crippen LogP contribution in [0.5, 0.6) is 0 Å². The molecule has 2 unspecified atom stereocenters. The van der Waals surface area contributed by atoms with Crippen molar-refractivity contribution in [2.75, 3.05) is 0 Å². The lowest BCUT2D eigenvalue weighted by Crippen LogP contribution is -2.32. The minimum absolute atomic E-state index is 0.0191. The Balaban J connectivity index is 1.78. The van der Waals surface area contributed by atoms with E-state index in [9.17, 15) is 26.4 Å². The normalized spacial score (nSPS) is 19.6. The van der Waals surface area contributed by atoms with Crippen LogP contribution in [0.25, 0.3) is 0 Å². The van der Waals surface area contributed by atoms with Crippen molar-refractivity contribution < 1.29 is 26.4 Å². The Bertz CT molecular complexity index is 999. The molecule has 8 heteroatoms. The summed E-state index contributed by atoms with van der Waals surface area (Å²) in [5, 5.41) is 0. The van der Waals surface area contributed by atoms with E-state index in [0.29, 0.717) is 5.56 Å². The number of alkyl halides is 3. The number of amides is 1. The van der Waals surface area contributed by atoms with Crippen molar-refractivity contribution in [2.24, 2.45) is 5.92 Å². The van der Waals surface area contributed by atoms with Crippen LogP contribution in [0.4, 0.5) is 13.2 Å². The van der Waals surface area contributed by atoms with Crippen LogP contribution in [0.1, 0.15) is 34.6 Å². The Labute approximate surface area is 155 Å². The number of aryl methyl sites for hydroxylation is 2. The molecule has 4 nitrogen and oxygen atoms in total. The average Bonchev–Trinajstić information content (AvgIpc) is 3.34. The lowest BCUT2D eigenvalue weighted by Gasteiger charge is -2.13. The summed E-state index contributed by atoms with van der Waals surface area (Å²) in [6.45, 7) is 3.43. The number of hydrogen-bond donors (Lipinski definition) is 1. The summed E-state index contributed by atoms with van der Waals surface area (Å²) in [6.07, 6.45) is -4.34. The van der Waals surface area contributed by atoms with Crippen molar-refractivity contribution in [3.8, 4) is 0 Å². The fourth-order valence-electron chi connectivity index (χ4n) is 3.27. The van der Waals surface area contributed by atoms with Gasteiger partial charge in [0.25, 0.3) is 10.0 Å². The van der Waals surface area contributed by atoms with Crippen molar-refractivity contribution in [3.05, 3.63) is 64.7 Å². The molecule has 3 rings (SSSR count). The quantitative estimate of drug-likeness (QED) is 0.850. The molecule has 0 heterocycles. The molecule has 1 fully saturated rings. The zero-order chi connectivity index (χ0) is 20.0. The van der Waals surface area contributed by atoms with E-state index in [0.717, 1.165) is 11.6 Å². The number of carbonyl (C=O) groups excluding carboxylic acids is 1. The van der Waals surface area contributed by atoms with E-state index in [4.69, 9.17) is 0 Å². The van der Waals surface area contributed by atoms with E-state index < -0.39 is 39.5 Å². The number of nitrogens with one attached hydrogen (secondary N) is 1. The van der Waals surface area contributed by atoms with Gasteiger partial charge in [0.1, 0.15) is 0 Å². The zero-order valence-electron chi connectivity index (χ0n) is 14.7. The standard InChI is InChI=1S/C19H18F3NO3S/c1-11-7-8-17(12(2)9-11)27(25,26)23-18(24)15-10-14(15)13-5-3-4-6-16(13)19(20,21)22/h3-9,14-15H,10H2,1-2H3,(H,23,24). The highest BCUT2D eigenvalue weighted by Gasteiger charge is 2.48. The van der Waals surface area contributed by atoms with Crippen molar-refractivity contribution in [2.45, 2.75) is 37.3 Å². The number of benzene rings is 2. The van der Waals surface area contributed by atoms with Crippen molar-refractivity contribution in [3.63, 3.8) is 0 Å². The van der Waals surface area contributed by atoms with Gasteiger partial charge in [-0.05, 0) is 49.4 Å². The summed E-state index contributed by atoms with van der Waals surface area (Å²) in [4.78, 5) is 12.3. The molecule has 1 aliphatic carbocycles. The monoisotopic (exact) mass is 397 g/mol. The van der Waals surface area contributed by atoms with E-state index in [1.54, 1.807) is 19.1 Å². The molecule has 27 heavy (non-hydrogen) atoms. The predicted molar refractivity (Wildman–Crippen MR) is 93.5 cm³/mol. The molecule has 0 bridgehead atoms. The molecule has 1 amide bonds. The maximum Gasteiger partial charge on any atom is 0.416 e. The largest absolute Gasteiger partial charge is 0.416 e. The van der Waals surface area contributed by atoms with Crippen LogP contribution in [0.3, 0.4) is 0 Å². The first-order valence-electron chi connectivity index (χ1n) is 8.31. The molecule has 1 aliphatic rings. The second-order valence-electron chi connectivity index (χ2n) is 6.77. The van der Waals surface area contributed by atoms with E-state index in [1.807, 2.05) is 11.6 Å². The molecule has 0 spiro atoms. The summed E-state index contributed by atoms with van der Waals surface area (Å²) in [7, 11) is -4.08. The molecule has 1 saturated carbocycles. The van der Waals surface area contributed by atoms with Gasteiger partial charge in [-0.1, -0.05) is 35.9 Å². The van der Waals surface area contributed by atoms with Crippen molar-refractivity contribution in [1.82, 2.24) is 4.72 Å². The van der Waals surface area contributed by atoms with Gasteiger partial charge in [0.15, 0.2) is 0 Å². The summed E-state index contributed by atoms with van der Waals surface area (Å²) in [5.74, 6) is -2.22. The van der Waals surface area contributed by atoms with Gasteiger partial charge in [0.2, 0.25) is 5.91 Å². The maximum atomic E-state index is 13.1. The van der Waals surface area contributed by atoms with Gasteiger partial charge in [-0.2, -0.15) is 13.2 Å². The molecular formula is C19H18F3NO3S. The van der Waals surface area contributed by atoms with Gasteiger partial charge >= 0.3 is 6.18 Å². The van der Waals surface area contributed by atoms with Crippen molar-refractivity contribution >= 4 is 15.9 Å². The lowest BCUT2D eigenvalue weighted by atomic mass is 10.0. The van der Waals surface area contributed by atoms with Crippen LogP contribution in [0.2, 0.25) is 0 Å². The Morgan fingerprint density at radius 1 is 1.11 bits per heavy atom. The Morgan fingerprint density at radius 3 is 2.41 bits per heavy atom. The van der Waals surface area contributed by atoms with Crippen LogP contribution in [0, 0.1) is 19.8 Å². The molecule has 1 N–H and O–H groups in total. The molecule has 144 valence electrons. The van der Waals surface area contributed by atoms with Gasteiger partial charge in [0, 0.05) is 5.92 Å². The Kier molecular flexibility index (Phi) is 4.80. The molecular weight excluding hydrogens is 379 g/mol. The summed E-state index contributed by atoms with van der Waals surface area (Å²) >= 11 is 0. The average molecular weight is 397 g/mol. The van der Waals surface area contributed by atoms with Crippen LogP contribution in [-0.4, -0.2) is 14.3 Å². The highest BCUT2D eigenvalue weighted by Crippen LogP contribution is 2.51. The molecule has 0 aliphatic heterocycles. The third kappa shape index (κ3) is 4.00. The first kappa shape index (κ1) is 19.4. The SMILES string of the molecule is Cc1ccc(S(=O)(=O)NC(=O)C2CC2c2ccccc2C(F)(F)F)c(C)c1. The third-order valence-corrected chi connectivity index (χ3v) is 6.15. The van der Waals surface area contributed by atoms with Gasteiger partial charge in [0.05, 0.1) is 10.5 Å². The van der Waals surface area contributed by atoms with Crippen LogP contribution < -0.4 is 4.72 Å². The molecule has 2 aromatic carbocycles. The van der Waals surface area contributed by atoms with E-state index in [-0.39, 0.29) is 16.9 Å². The highest BCUT2D eigenvalue weighted by atomic mass is 32.2. The summed E-state index contributed by atoms with van der Waals surface area (Å²) < 4.78 is 66.3. The van der Waals surface area contributed by atoms with Gasteiger partial charge in [-0.25, -0.2) is 13.1 Å². The number of carbonyl (C=O) groups is 1. The van der Waals surface area contributed by atoms with E-state index in [1.165, 1.54) is 24.3 Å². The Morgan fingerprint density at radius 2 is 1.78 bits per heavy atom. The van der Waals surface area contributed by atoms with Gasteiger partial charge < -0.3 is 0 Å². The van der Waals surface area contributed by atoms with Crippen LogP contribution in [-0.2, 0) is 21.0 Å². The smallest absolute Gasteiger partial charge is 0.274 e. The maximum absolute atomic E-state index is 13.1. The lowest BCUT2D eigenvalue weighted by molar-refractivity contribution is -0.138. The van der Waals surface area contributed by atoms with E-state index >= 15 is 0 Å². The summed E-state index contributed by atoms with van der Waals surface area (Å²) in [6, 6.07) is 9.76. The highest BCUT2D eigenvalue weighted by molar-refractivity contribution is 7.90. The van der Waals surface area contributed by atoms with Gasteiger partial charge in [-0.15, -0.1) is 0 Å². The Hall–Kier alpha value is -2.35. The van der Waals surface area contributed by atoms with E-state index in [2.05, 4.69) is 0 Å². The van der Waals surface area contributed by atoms with Crippen LogP contribution in [0.15, 0.2) is 47.4 Å². The fraction of sp³-hybridized carbons (Fsp3) is 0.316. The zero-order valence-corrected chi connectivity index (χ0v) is 15.5. The van der Waals surface area contributed by atoms with Crippen molar-refractivity contribution in [1.29, 1.82) is 0 Å². The molecule has 0 radical (unpaired) electrons. The number of rotatable bonds is 4. The molecule has 0 saturated heterocycles. The minimum atomic E-state index is -4.52. The number of sulfonamides is 1. The topological polar surface area (TPSA) is 63.2 Å². The first-order chi connectivity index (χ1) is 12.5.